The fourth-order valence-corrected chi connectivity index (χ4v) is 2.17. The average Bonchev–Trinajstić information content (AvgIpc) is 2.41. The molecular weight excluding hydrogens is 266 g/mol. The first-order valence-electron chi connectivity index (χ1n) is 6.09. The number of benzene rings is 1. The van der Waals surface area contributed by atoms with Crippen LogP contribution in [0.1, 0.15) is 11.6 Å². The van der Waals surface area contributed by atoms with Crippen LogP contribution in [0.2, 0.25) is 0 Å². The Morgan fingerprint density at radius 3 is 2.42 bits per heavy atom. The van der Waals surface area contributed by atoms with Gasteiger partial charge < -0.3 is 4.74 Å². The van der Waals surface area contributed by atoms with Crippen LogP contribution in [0.5, 0.6) is 0 Å². The van der Waals surface area contributed by atoms with Crippen LogP contribution in [0, 0.1) is 0 Å². The summed E-state index contributed by atoms with van der Waals surface area (Å²) in [5.41, 5.74) is 0.974. The molecule has 1 aliphatic heterocycles. The molecule has 19 heavy (non-hydrogen) atoms. The van der Waals surface area contributed by atoms with Gasteiger partial charge in [-0.2, -0.15) is 0 Å². The second-order valence-corrected chi connectivity index (χ2v) is 4.41. The number of hydrazine groups is 1. The van der Waals surface area contributed by atoms with Crippen LogP contribution in [0.3, 0.4) is 0 Å². The Labute approximate surface area is 119 Å². The number of amides is 1. The van der Waals surface area contributed by atoms with Crippen LogP contribution < -0.4 is 5.84 Å². The summed E-state index contributed by atoms with van der Waals surface area (Å²) in [6, 6.07) is 9.42. The molecule has 0 bridgehead atoms. The van der Waals surface area contributed by atoms with E-state index < -0.39 is 0 Å². The van der Waals surface area contributed by atoms with Crippen molar-refractivity contribution in [3.8, 4) is 0 Å². The normalized spacial score (nSPS) is 17.4. The molecule has 1 heterocycles. The van der Waals surface area contributed by atoms with Gasteiger partial charge in [0.25, 0.3) is 5.91 Å². The SMILES string of the molecule is CN(N)C(=O)[C@@H](c1ccccc1)N1CCOCC1.Cl. The average molecular weight is 286 g/mol. The summed E-state index contributed by atoms with van der Waals surface area (Å²) < 4.78 is 5.33. The number of hydrogen-bond donors (Lipinski definition) is 1. The van der Waals surface area contributed by atoms with E-state index >= 15 is 0 Å². The van der Waals surface area contributed by atoms with E-state index in [2.05, 4.69) is 4.90 Å². The Morgan fingerprint density at radius 1 is 1.32 bits per heavy atom. The van der Waals surface area contributed by atoms with Crippen molar-refractivity contribution >= 4 is 18.3 Å². The highest BCUT2D eigenvalue weighted by atomic mass is 35.5. The predicted molar refractivity (Wildman–Crippen MR) is 75.8 cm³/mol. The van der Waals surface area contributed by atoms with Gasteiger partial charge in [0.05, 0.1) is 13.2 Å². The summed E-state index contributed by atoms with van der Waals surface area (Å²) >= 11 is 0. The maximum absolute atomic E-state index is 12.3. The van der Waals surface area contributed by atoms with E-state index in [-0.39, 0.29) is 24.4 Å². The molecule has 0 spiro atoms. The first kappa shape index (κ1) is 15.9. The quantitative estimate of drug-likeness (QED) is 0.507. The van der Waals surface area contributed by atoms with Crippen molar-refractivity contribution in [3.05, 3.63) is 35.9 Å². The van der Waals surface area contributed by atoms with E-state index in [0.29, 0.717) is 13.2 Å². The van der Waals surface area contributed by atoms with Gasteiger partial charge in [-0.25, -0.2) is 5.84 Å². The van der Waals surface area contributed by atoms with E-state index in [0.717, 1.165) is 23.7 Å². The fraction of sp³-hybridized carbons (Fsp3) is 0.462. The summed E-state index contributed by atoms with van der Waals surface area (Å²) in [6.07, 6.45) is 0. The van der Waals surface area contributed by atoms with E-state index in [1.54, 1.807) is 7.05 Å². The standard InChI is InChI=1S/C13H19N3O2.ClH/c1-15(14)13(17)12(11-5-3-2-4-6-11)16-7-9-18-10-8-16;/h2-6,12H,7-10,14H2,1H3;1H/t12-;/m1./s1. The second-order valence-electron chi connectivity index (χ2n) is 4.41. The Balaban J connectivity index is 0.00000180. The van der Waals surface area contributed by atoms with Gasteiger partial charge in [-0.15, -0.1) is 12.4 Å². The number of carbonyl (C=O) groups is 1. The zero-order chi connectivity index (χ0) is 13.0. The summed E-state index contributed by atoms with van der Waals surface area (Å²) in [4.78, 5) is 14.4. The minimum Gasteiger partial charge on any atom is -0.379 e. The van der Waals surface area contributed by atoms with E-state index in [4.69, 9.17) is 10.6 Å². The van der Waals surface area contributed by atoms with Gasteiger partial charge in [-0.1, -0.05) is 30.3 Å². The number of nitrogens with zero attached hydrogens (tertiary/aromatic N) is 2. The second kappa shape index (κ2) is 7.45. The van der Waals surface area contributed by atoms with Crippen molar-refractivity contribution in [1.29, 1.82) is 0 Å². The molecule has 2 N–H and O–H groups in total. The predicted octanol–water partition coefficient (Wildman–Crippen LogP) is 0.814. The lowest BCUT2D eigenvalue weighted by Gasteiger charge is -2.34. The molecule has 1 aliphatic rings. The molecule has 0 radical (unpaired) electrons. The van der Waals surface area contributed by atoms with E-state index in [1.807, 2.05) is 30.3 Å². The molecule has 0 saturated carbocycles. The maximum Gasteiger partial charge on any atom is 0.258 e. The van der Waals surface area contributed by atoms with Crippen LogP contribution in [-0.4, -0.2) is 49.2 Å². The first-order valence-corrected chi connectivity index (χ1v) is 6.09. The number of halogens is 1. The fourth-order valence-electron chi connectivity index (χ4n) is 2.17. The van der Waals surface area contributed by atoms with Gasteiger partial charge in [0.15, 0.2) is 0 Å². The number of morpholine rings is 1. The van der Waals surface area contributed by atoms with Gasteiger partial charge >= 0.3 is 0 Å². The third kappa shape index (κ3) is 3.91. The molecular formula is C13H20ClN3O2. The molecule has 1 saturated heterocycles. The molecule has 106 valence electrons. The van der Waals surface area contributed by atoms with Crippen molar-refractivity contribution in [3.63, 3.8) is 0 Å². The van der Waals surface area contributed by atoms with Gasteiger partial charge in [-0.05, 0) is 5.56 Å². The minimum atomic E-state index is -0.315. The summed E-state index contributed by atoms with van der Waals surface area (Å²) in [6.45, 7) is 2.81. The topological polar surface area (TPSA) is 58.8 Å². The van der Waals surface area contributed by atoms with E-state index in [9.17, 15) is 4.79 Å². The van der Waals surface area contributed by atoms with Crippen LogP contribution in [0.4, 0.5) is 0 Å². The number of rotatable bonds is 3. The summed E-state index contributed by atoms with van der Waals surface area (Å²) in [5, 5.41) is 1.16. The van der Waals surface area contributed by atoms with Crippen molar-refractivity contribution in [2.45, 2.75) is 6.04 Å². The highest BCUT2D eigenvalue weighted by molar-refractivity contribution is 5.85. The number of nitrogens with two attached hydrogens (primary N) is 1. The van der Waals surface area contributed by atoms with Crippen molar-refractivity contribution in [1.82, 2.24) is 9.91 Å². The Bertz CT molecular complexity index is 394. The van der Waals surface area contributed by atoms with Crippen LogP contribution in [0.15, 0.2) is 30.3 Å². The lowest BCUT2D eigenvalue weighted by Crippen LogP contribution is -2.48. The Kier molecular flexibility index (Phi) is 6.24. The van der Waals surface area contributed by atoms with Crippen LogP contribution in [-0.2, 0) is 9.53 Å². The molecule has 0 aromatic heterocycles. The lowest BCUT2D eigenvalue weighted by atomic mass is 10.0. The van der Waals surface area contributed by atoms with Gasteiger partial charge in [0, 0.05) is 20.1 Å². The first-order chi connectivity index (χ1) is 8.70. The number of ether oxygens (including phenoxy) is 1. The largest absolute Gasteiger partial charge is 0.379 e. The molecule has 6 heteroatoms. The zero-order valence-corrected chi connectivity index (χ0v) is 11.8. The summed E-state index contributed by atoms with van der Waals surface area (Å²) in [5.74, 6) is 5.51. The van der Waals surface area contributed by atoms with E-state index in [1.165, 1.54) is 0 Å². The number of carbonyl (C=O) groups excluding carboxylic acids is 1. The van der Waals surface area contributed by atoms with Crippen molar-refractivity contribution in [2.24, 2.45) is 5.84 Å². The van der Waals surface area contributed by atoms with Gasteiger partial charge in [-0.3, -0.25) is 14.7 Å². The molecule has 2 rings (SSSR count). The number of likely N-dealkylation sites (N-methyl/N-ethyl adjacent to an activating group) is 1. The van der Waals surface area contributed by atoms with Crippen LogP contribution >= 0.6 is 12.4 Å². The van der Waals surface area contributed by atoms with Crippen molar-refractivity contribution in [2.75, 3.05) is 33.4 Å². The summed E-state index contributed by atoms with van der Waals surface area (Å²) in [7, 11) is 1.58. The molecule has 0 aliphatic carbocycles. The molecule has 5 nitrogen and oxygen atoms in total. The zero-order valence-electron chi connectivity index (χ0n) is 11.0. The smallest absolute Gasteiger partial charge is 0.258 e. The molecule has 1 atom stereocenters. The highest BCUT2D eigenvalue weighted by Gasteiger charge is 2.30. The lowest BCUT2D eigenvalue weighted by molar-refractivity contribution is -0.138. The third-order valence-electron chi connectivity index (χ3n) is 3.11. The Hall–Kier alpha value is -1.14. The maximum atomic E-state index is 12.3. The molecule has 1 fully saturated rings. The minimum absolute atomic E-state index is 0. The highest BCUT2D eigenvalue weighted by Crippen LogP contribution is 2.23. The third-order valence-corrected chi connectivity index (χ3v) is 3.11. The Morgan fingerprint density at radius 2 is 1.89 bits per heavy atom. The number of hydrogen-bond acceptors (Lipinski definition) is 4. The molecule has 0 unspecified atom stereocenters. The monoisotopic (exact) mass is 285 g/mol. The van der Waals surface area contributed by atoms with Crippen molar-refractivity contribution < 1.29 is 9.53 Å². The van der Waals surface area contributed by atoms with Gasteiger partial charge in [0.1, 0.15) is 6.04 Å². The van der Waals surface area contributed by atoms with Crippen LogP contribution in [0.25, 0.3) is 0 Å². The molecule has 1 amide bonds. The molecule has 1 aromatic carbocycles. The molecule has 1 aromatic rings. The van der Waals surface area contributed by atoms with Gasteiger partial charge in [0.2, 0.25) is 0 Å².